The smallest absolute Gasteiger partial charge is 0.326 e. The predicted molar refractivity (Wildman–Crippen MR) is 87.6 cm³/mol. The third-order valence-electron chi connectivity index (χ3n) is 4.41. The van der Waals surface area contributed by atoms with Crippen molar-refractivity contribution in [1.29, 1.82) is 0 Å². The molecule has 1 aromatic carbocycles. The van der Waals surface area contributed by atoms with E-state index in [0.29, 0.717) is 23.9 Å². The van der Waals surface area contributed by atoms with Crippen molar-refractivity contribution in [2.45, 2.75) is 38.3 Å². The van der Waals surface area contributed by atoms with Crippen LogP contribution in [0.1, 0.15) is 25.7 Å². The fraction of sp³-hybridized carbons (Fsp3) is 0.412. The SMILES string of the molecule is O=C(O)[C@H]1CCCCN1C(=O)CCn1cnc2ccccc2c1=O. The van der Waals surface area contributed by atoms with Gasteiger partial charge in [0.05, 0.1) is 17.2 Å². The van der Waals surface area contributed by atoms with Crippen LogP contribution in [-0.2, 0) is 16.1 Å². The number of carbonyl (C=O) groups is 2. The van der Waals surface area contributed by atoms with E-state index in [1.54, 1.807) is 18.2 Å². The standard InChI is InChI=1S/C17H19N3O4/c21-15(20-9-4-3-7-14(20)17(23)24)8-10-19-11-18-13-6-2-1-5-12(13)16(19)22/h1-2,5-6,11,14H,3-4,7-10H2,(H,23,24)/t14-/m1/s1. The average Bonchev–Trinajstić information content (AvgIpc) is 2.61. The number of carbonyl (C=O) groups excluding carboxylic acids is 1. The van der Waals surface area contributed by atoms with Gasteiger partial charge in [-0.2, -0.15) is 0 Å². The van der Waals surface area contributed by atoms with E-state index < -0.39 is 12.0 Å². The fourth-order valence-corrected chi connectivity index (χ4v) is 3.11. The van der Waals surface area contributed by atoms with E-state index in [1.807, 2.05) is 6.07 Å². The molecule has 1 atom stereocenters. The van der Waals surface area contributed by atoms with Crippen molar-refractivity contribution in [3.8, 4) is 0 Å². The molecule has 0 unspecified atom stereocenters. The molecular weight excluding hydrogens is 310 g/mol. The van der Waals surface area contributed by atoms with Gasteiger partial charge in [-0.15, -0.1) is 0 Å². The van der Waals surface area contributed by atoms with Gasteiger partial charge in [0.1, 0.15) is 6.04 Å². The lowest BCUT2D eigenvalue weighted by atomic mass is 10.0. The zero-order valence-electron chi connectivity index (χ0n) is 13.2. The maximum absolute atomic E-state index is 12.4. The number of aryl methyl sites for hydroxylation is 1. The number of piperidine rings is 1. The van der Waals surface area contributed by atoms with E-state index in [0.717, 1.165) is 12.8 Å². The van der Waals surface area contributed by atoms with Gasteiger partial charge >= 0.3 is 5.97 Å². The molecule has 7 nitrogen and oxygen atoms in total. The minimum Gasteiger partial charge on any atom is -0.480 e. The van der Waals surface area contributed by atoms with Crippen LogP contribution in [0.15, 0.2) is 35.4 Å². The third-order valence-corrected chi connectivity index (χ3v) is 4.41. The number of benzene rings is 1. The first-order valence-electron chi connectivity index (χ1n) is 8.04. The Bertz CT molecular complexity index is 830. The first-order chi connectivity index (χ1) is 11.6. The normalized spacial score (nSPS) is 17.8. The minimum atomic E-state index is -0.965. The van der Waals surface area contributed by atoms with E-state index in [1.165, 1.54) is 15.8 Å². The number of aliphatic carboxylic acids is 1. The van der Waals surface area contributed by atoms with E-state index in [-0.39, 0.29) is 24.4 Å². The lowest BCUT2D eigenvalue weighted by Gasteiger charge is -2.33. The first-order valence-corrected chi connectivity index (χ1v) is 8.04. The number of rotatable bonds is 4. The molecule has 1 saturated heterocycles. The van der Waals surface area contributed by atoms with Crippen molar-refractivity contribution in [3.05, 3.63) is 40.9 Å². The molecule has 126 valence electrons. The van der Waals surface area contributed by atoms with Crippen molar-refractivity contribution < 1.29 is 14.7 Å². The van der Waals surface area contributed by atoms with Crippen LogP contribution in [-0.4, -0.2) is 44.0 Å². The number of nitrogens with zero attached hydrogens (tertiary/aromatic N) is 3. The number of hydrogen-bond donors (Lipinski definition) is 1. The quantitative estimate of drug-likeness (QED) is 0.911. The van der Waals surface area contributed by atoms with Crippen LogP contribution in [0.4, 0.5) is 0 Å². The molecule has 24 heavy (non-hydrogen) atoms. The first kappa shape index (κ1) is 16.2. The molecule has 0 saturated carbocycles. The van der Waals surface area contributed by atoms with Crippen LogP contribution in [0, 0.1) is 0 Å². The number of amides is 1. The monoisotopic (exact) mass is 329 g/mol. The number of hydrogen-bond acceptors (Lipinski definition) is 4. The maximum Gasteiger partial charge on any atom is 0.326 e. The second kappa shape index (κ2) is 6.82. The molecule has 7 heteroatoms. The van der Waals surface area contributed by atoms with Crippen LogP contribution >= 0.6 is 0 Å². The van der Waals surface area contributed by atoms with E-state index in [9.17, 15) is 19.5 Å². The molecule has 1 aliphatic rings. The van der Waals surface area contributed by atoms with E-state index >= 15 is 0 Å². The molecule has 0 spiro atoms. The molecular formula is C17H19N3O4. The van der Waals surface area contributed by atoms with Crippen molar-refractivity contribution in [3.63, 3.8) is 0 Å². The molecule has 2 aromatic rings. The van der Waals surface area contributed by atoms with Crippen molar-refractivity contribution in [2.24, 2.45) is 0 Å². The molecule has 2 heterocycles. The van der Waals surface area contributed by atoms with Crippen molar-refractivity contribution >= 4 is 22.8 Å². The molecule has 1 N–H and O–H groups in total. The highest BCUT2D eigenvalue weighted by molar-refractivity contribution is 5.84. The second-order valence-electron chi connectivity index (χ2n) is 5.95. The number of fused-ring (bicyclic) bond motifs is 1. The van der Waals surface area contributed by atoms with Crippen LogP contribution in [0.25, 0.3) is 10.9 Å². The summed E-state index contributed by atoms with van der Waals surface area (Å²) in [5, 5.41) is 9.75. The summed E-state index contributed by atoms with van der Waals surface area (Å²) in [6.45, 7) is 0.652. The van der Waals surface area contributed by atoms with Gasteiger partial charge < -0.3 is 10.0 Å². The molecule has 3 rings (SSSR count). The maximum atomic E-state index is 12.4. The van der Waals surface area contributed by atoms with Gasteiger partial charge in [0.15, 0.2) is 0 Å². The Morgan fingerprint density at radius 1 is 1.25 bits per heavy atom. The summed E-state index contributed by atoms with van der Waals surface area (Å²) < 4.78 is 1.40. The van der Waals surface area contributed by atoms with Gasteiger partial charge in [-0.25, -0.2) is 9.78 Å². The summed E-state index contributed by atoms with van der Waals surface area (Å²) in [5.74, 6) is -1.20. The van der Waals surface area contributed by atoms with Crippen LogP contribution in [0.2, 0.25) is 0 Å². The van der Waals surface area contributed by atoms with Gasteiger partial charge in [-0.05, 0) is 31.4 Å². The number of para-hydroxylation sites is 1. The molecule has 1 fully saturated rings. The van der Waals surface area contributed by atoms with Gasteiger partial charge in [-0.1, -0.05) is 12.1 Å². The Morgan fingerprint density at radius 2 is 2.04 bits per heavy atom. The fourth-order valence-electron chi connectivity index (χ4n) is 3.11. The van der Waals surface area contributed by atoms with Crippen LogP contribution < -0.4 is 5.56 Å². The molecule has 0 radical (unpaired) electrons. The average molecular weight is 329 g/mol. The lowest BCUT2D eigenvalue weighted by Crippen LogP contribution is -2.48. The highest BCUT2D eigenvalue weighted by Crippen LogP contribution is 2.18. The van der Waals surface area contributed by atoms with Crippen LogP contribution in [0.3, 0.4) is 0 Å². The Hall–Kier alpha value is -2.70. The summed E-state index contributed by atoms with van der Waals surface area (Å²) in [7, 11) is 0. The summed E-state index contributed by atoms with van der Waals surface area (Å²) in [4.78, 5) is 41.7. The molecule has 0 bridgehead atoms. The summed E-state index contributed by atoms with van der Waals surface area (Å²) in [5.41, 5.74) is 0.425. The number of carboxylic acids is 1. The summed E-state index contributed by atoms with van der Waals surface area (Å²) in [6.07, 6.45) is 3.63. The minimum absolute atomic E-state index is 0.0870. The molecule has 1 aliphatic heterocycles. The van der Waals surface area contributed by atoms with Gasteiger partial charge in [0, 0.05) is 19.5 Å². The largest absolute Gasteiger partial charge is 0.480 e. The zero-order valence-corrected chi connectivity index (χ0v) is 13.2. The Kier molecular flexibility index (Phi) is 4.59. The van der Waals surface area contributed by atoms with E-state index in [2.05, 4.69) is 4.98 Å². The van der Waals surface area contributed by atoms with Gasteiger partial charge in [0.25, 0.3) is 5.56 Å². The zero-order chi connectivity index (χ0) is 17.1. The highest BCUT2D eigenvalue weighted by Gasteiger charge is 2.31. The summed E-state index contributed by atoms with van der Waals surface area (Å²) >= 11 is 0. The van der Waals surface area contributed by atoms with E-state index in [4.69, 9.17) is 0 Å². The third kappa shape index (κ3) is 3.15. The Morgan fingerprint density at radius 3 is 2.83 bits per heavy atom. The molecule has 1 amide bonds. The van der Waals surface area contributed by atoms with Gasteiger partial charge in [0.2, 0.25) is 5.91 Å². The molecule has 0 aliphatic carbocycles. The summed E-state index contributed by atoms with van der Waals surface area (Å²) in [6, 6.07) is 6.29. The number of likely N-dealkylation sites (tertiary alicyclic amines) is 1. The Balaban J connectivity index is 1.73. The topological polar surface area (TPSA) is 92.5 Å². The number of aromatic nitrogens is 2. The van der Waals surface area contributed by atoms with Crippen LogP contribution in [0.5, 0.6) is 0 Å². The Labute approximate surface area is 138 Å². The van der Waals surface area contributed by atoms with Gasteiger partial charge in [-0.3, -0.25) is 14.2 Å². The lowest BCUT2D eigenvalue weighted by molar-refractivity contribution is -0.152. The highest BCUT2D eigenvalue weighted by atomic mass is 16.4. The number of carboxylic acid groups (broad SMARTS) is 1. The second-order valence-corrected chi connectivity index (χ2v) is 5.95. The molecule has 1 aromatic heterocycles. The van der Waals surface area contributed by atoms with Crippen molar-refractivity contribution in [2.75, 3.05) is 6.54 Å². The predicted octanol–water partition coefficient (Wildman–Crippen LogP) is 1.25. The van der Waals surface area contributed by atoms with Crippen molar-refractivity contribution in [1.82, 2.24) is 14.5 Å².